The van der Waals surface area contributed by atoms with E-state index >= 15 is 0 Å². The summed E-state index contributed by atoms with van der Waals surface area (Å²) < 4.78 is 11.8. The predicted molar refractivity (Wildman–Crippen MR) is 85.2 cm³/mol. The largest absolute Gasteiger partial charge is 0.342 e. The van der Waals surface area contributed by atoms with Gasteiger partial charge in [-0.2, -0.15) is 0 Å². The standard InChI is InChI=1S/C16H29NO2Si/c1-7-13-14(19-16(2,3)18-13)12-17-11-9-8-10-15(17)20(4,5)6/h1,13-15H,8-12H2,2-6H3/t13-,14-,15?/m0/s1. The highest BCUT2D eigenvalue weighted by Gasteiger charge is 2.43. The summed E-state index contributed by atoms with van der Waals surface area (Å²) in [5.41, 5.74) is 0.738. The maximum Gasteiger partial charge on any atom is 0.165 e. The third-order valence-corrected chi connectivity index (χ3v) is 7.03. The molecule has 0 aromatic heterocycles. The van der Waals surface area contributed by atoms with Crippen LogP contribution >= 0.6 is 0 Å². The van der Waals surface area contributed by atoms with Gasteiger partial charge in [-0.05, 0) is 33.2 Å². The van der Waals surface area contributed by atoms with Crippen LogP contribution in [-0.2, 0) is 9.47 Å². The molecule has 0 aliphatic carbocycles. The van der Waals surface area contributed by atoms with Crippen LogP contribution in [0.1, 0.15) is 33.1 Å². The number of hydrogen-bond acceptors (Lipinski definition) is 3. The highest BCUT2D eigenvalue weighted by molar-refractivity contribution is 6.77. The summed E-state index contributed by atoms with van der Waals surface area (Å²) in [5, 5.41) is 0. The molecule has 20 heavy (non-hydrogen) atoms. The molecule has 0 aromatic rings. The number of hydrogen-bond donors (Lipinski definition) is 0. The minimum absolute atomic E-state index is 0.00644. The number of nitrogens with zero attached hydrogens (tertiary/aromatic N) is 1. The van der Waals surface area contributed by atoms with Gasteiger partial charge in [0, 0.05) is 12.2 Å². The van der Waals surface area contributed by atoms with E-state index < -0.39 is 13.9 Å². The van der Waals surface area contributed by atoms with Gasteiger partial charge in [-0.1, -0.05) is 32.0 Å². The van der Waals surface area contributed by atoms with Crippen molar-refractivity contribution in [2.24, 2.45) is 0 Å². The molecule has 2 heterocycles. The van der Waals surface area contributed by atoms with Gasteiger partial charge in [0.1, 0.15) is 12.2 Å². The highest BCUT2D eigenvalue weighted by Crippen LogP contribution is 2.31. The van der Waals surface area contributed by atoms with E-state index in [-0.39, 0.29) is 12.2 Å². The number of piperidine rings is 1. The lowest BCUT2D eigenvalue weighted by molar-refractivity contribution is -0.144. The zero-order valence-electron chi connectivity index (χ0n) is 13.6. The molecule has 2 rings (SSSR count). The average molecular weight is 295 g/mol. The summed E-state index contributed by atoms with van der Waals surface area (Å²) in [5.74, 6) is 2.20. The fourth-order valence-electron chi connectivity index (χ4n) is 3.53. The molecule has 1 unspecified atom stereocenters. The van der Waals surface area contributed by atoms with Gasteiger partial charge >= 0.3 is 0 Å². The second-order valence-electron chi connectivity index (χ2n) is 7.63. The lowest BCUT2D eigenvalue weighted by Crippen LogP contribution is -2.56. The molecule has 3 atom stereocenters. The minimum atomic E-state index is -1.18. The van der Waals surface area contributed by atoms with Gasteiger partial charge in [0.25, 0.3) is 0 Å². The SMILES string of the molecule is C#C[C@@H]1OC(C)(C)O[C@H]1CN1CCCCC1[Si](C)(C)C. The molecule has 2 aliphatic heterocycles. The molecule has 0 saturated carbocycles. The quantitative estimate of drug-likeness (QED) is 0.590. The Morgan fingerprint density at radius 1 is 1.25 bits per heavy atom. The molecule has 0 spiro atoms. The maximum absolute atomic E-state index is 6.03. The first-order chi connectivity index (χ1) is 9.23. The van der Waals surface area contributed by atoms with E-state index in [4.69, 9.17) is 15.9 Å². The lowest BCUT2D eigenvalue weighted by Gasteiger charge is -2.43. The van der Waals surface area contributed by atoms with E-state index in [1.165, 1.54) is 25.8 Å². The van der Waals surface area contributed by atoms with E-state index in [2.05, 4.69) is 30.5 Å². The molecular formula is C16H29NO2Si. The monoisotopic (exact) mass is 295 g/mol. The van der Waals surface area contributed by atoms with Crippen LogP contribution in [0.2, 0.25) is 19.6 Å². The van der Waals surface area contributed by atoms with E-state index in [0.29, 0.717) is 0 Å². The second-order valence-corrected chi connectivity index (χ2v) is 13.0. The van der Waals surface area contributed by atoms with Crippen LogP contribution in [0.25, 0.3) is 0 Å². The van der Waals surface area contributed by atoms with Gasteiger partial charge in [0.05, 0.1) is 8.07 Å². The maximum atomic E-state index is 6.03. The van der Waals surface area contributed by atoms with Gasteiger partial charge in [-0.3, -0.25) is 0 Å². The van der Waals surface area contributed by atoms with Crippen molar-refractivity contribution in [2.75, 3.05) is 13.1 Å². The minimum Gasteiger partial charge on any atom is -0.342 e. The summed E-state index contributed by atoms with van der Waals surface area (Å²) in [6.07, 6.45) is 9.37. The fraction of sp³-hybridized carbons (Fsp3) is 0.875. The number of rotatable bonds is 3. The van der Waals surface area contributed by atoms with Crippen LogP contribution in [-0.4, -0.2) is 49.7 Å². The summed E-state index contributed by atoms with van der Waals surface area (Å²) in [6, 6.07) is 0. The van der Waals surface area contributed by atoms with Crippen LogP contribution in [0.5, 0.6) is 0 Å². The molecular weight excluding hydrogens is 266 g/mol. The Labute approximate surface area is 125 Å². The van der Waals surface area contributed by atoms with Crippen molar-refractivity contribution in [2.45, 2.75) is 76.4 Å². The summed E-state index contributed by atoms with van der Waals surface area (Å²) in [6.45, 7) is 13.4. The smallest absolute Gasteiger partial charge is 0.165 e. The van der Waals surface area contributed by atoms with Crippen LogP contribution in [0.4, 0.5) is 0 Å². The molecule has 2 aliphatic rings. The third kappa shape index (κ3) is 3.65. The Kier molecular flexibility index (Phi) is 4.65. The van der Waals surface area contributed by atoms with E-state index in [0.717, 1.165) is 12.2 Å². The van der Waals surface area contributed by atoms with E-state index in [9.17, 15) is 0 Å². The molecule has 114 valence electrons. The molecule has 2 fully saturated rings. The van der Waals surface area contributed by atoms with Crippen molar-refractivity contribution in [3.8, 4) is 12.3 Å². The van der Waals surface area contributed by atoms with Gasteiger partial charge < -0.3 is 14.4 Å². The normalized spacial score (nSPS) is 34.9. The molecule has 4 heteroatoms. The molecule has 0 N–H and O–H groups in total. The molecule has 3 nitrogen and oxygen atoms in total. The van der Waals surface area contributed by atoms with Crippen molar-refractivity contribution in [3.63, 3.8) is 0 Å². The first-order valence-electron chi connectivity index (χ1n) is 7.79. The molecule has 0 bridgehead atoms. The third-order valence-electron chi connectivity index (χ3n) is 4.38. The van der Waals surface area contributed by atoms with Crippen LogP contribution < -0.4 is 0 Å². The number of ether oxygens (including phenoxy) is 2. The van der Waals surface area contributed by atoms with Crippen LogP contribution in [0.15, 0.2) is 0 Å². The van der Waals surface area contributed by atoms with Gasteiger partial charge in [0.2, 0.25) is 0 Å². The van der Waals surface area contributed by atoms with Gasteiger partial charge in [0.15, 0.2) is 5.79 Å². The zero-order chi connectivity index (χ0) is 15.0. The fourth-order valence-corrected chi connectivity index (χ4v) is 5.93. The molecule has 0 radical (unpaired) electrons. The lowest BCUT2D eigenvalue weighted by atomic mass is 10.1. The van der Waals surface area contributed by atoms with Gasteiger partial charge in [-0.25, -0.2) is 0 Å². The van der Waals surface area contributed by atoms with Crippen LogP contribution in [0.3, 0.4) is 0 Å². The van der Waals surface area contributed by atoms with Crippen LogP contribution in [0, 0.1) is 12.3 Å². The van der Waals surface area contributed by atoms with E-state index in [1.54, 1.807) is 0 Å². The Balaban J connectivity index is 2.06. The Hall–Kier alpha value is -0.343. The molecule has 0 aromatic carbocycles. The Morgan fingerprint density at radius 2 is 1.95 bits per heavy atom. The number of terminal acetylenes is 1. The molecule has 0 amide bonds. The summed E-state index contributed by atoms with van der Waals surface area (Å²) >= 11 is 0. The highest BCUT2D eigenvalue weighted by atomic mass is 28.3. The predicted octanol–water partition coefficient (Wildman–Crippen LogP) is 2.87. The topological polar surface area (TPSA) is 21.7 Å². The number of likely N-dealkylation sites (tertiary alicyclic amines) is 1. The summed E-state index contributed by atoms with van der Waals surface area (Å²) in [4.78, 5) is 2.62. The van der Waals surface area contributed by atoms with Crippen molar-refractivity contribution in [1.29, 1.82) is 0 Å². The van der Waals surface area contributed by atoms with Crippen molar-refractivity contribution < 1.29 is 9.47 Å². The van der Waals surface area contributed by atoms with Crippen molar-refractivity contribution in [1.82, 2.24) is 4.90 Å². The Bertz CT molecular complexity index is 383. The average Bonchev–Trinajstić information content (AvgIpc) is 2.63. The summed E-state index contributed by atoms with van der Waals surface area (Å²) in [7, 11) is -1.18. The first kappa shape index (κ1) is 16.0. The molecule has 2 saturated heterocycles. The zero-order valence-corrected chi connectivity index (χ0v) is 14.6. The van der Waals surface area contributed by atoms with E-state index in [1.807, 2.05) is 13.8 Å². The first-order valence-corrected chi connectivity index (χ1v) is 11.4. The van der Waals surface area contributed by atoms with Crippen molar-refractivity contribution >= 4 is 8.07 Å². The second kappa shape index (κ2) is 5.80. The van der Waals surface area contributed by atoms with Gasteiger partial charge in [-0.15, -0.1) is 6.42 Å². The van der Waals surface area contributed by atoms with Crippen molar-refractivity contribution in [3.05, 3.63) is 0 Å². The Morgan fingerprint density at radius 3 is 2.55 bits per heavy atom.